The molecular formula is C13H19NO4S. The molecule has 0 aromatic rings. The smallest absolute Gasteiger partial charge is 0.327 e. The molecule has 3 unspecified atom stereocenters. The molecule has 0 bridgehead atoms. The summed E-state index contributed by atoms with van der Waals surface area (Å²) < 4.78 is 5.37. The third kappa shape index (κ3) is 2.60. The Labute approximate surface area is 116 Å². The lowest BCUT2D eigenvalue weighted by Gasteiger charge is -2.32. The van der Waals surface area contributed by atoms with E-state index < -0.39 is 12.0 Å². The van der Waals surface area contributed by atoms with Crippen molar-refractivity contribution in [3.05, 3.63) is 0 Å². The summed E-state index contributed by atoms with van der Waals surface area (Å²) >= 11 is 1.63. The normalized spacial score (nSPS) is 35.4. The van der Waals surface area contributed by atoms with E-state index in [9.17, 15) is 14.7 Å². The zero-order valence-corrected chi connectivity index (χ0v) is 11.6. The van der Waals surface area contributed by atoms with Crippen molar-refractivity contribution < 1.29 is 19.4 Å². The molecule has 0 aromatic heterocycles. The predicted octanol–water partition coefficient (Wildman–Crippen LogP) is 1.18. The average Bonchev–Trinajstić information content (AvgIpc) is 3.17. The molecule has 19 heavy (non-hydrogen) atoms. The van der Waals surface area contributed by atoms with Gasteiger partial charge in [-0.1, -0.05) is 0 Å². The van der Waals surface area contributed by atoms with Crippen LogP contribution in [-0.2, 0) is 14.3 Å². The standard InChI is InChI=1S/C13H19NO4S/c15-11(9-2-1-5-18-6-9)14-10(13(16)17)7-19-12(14)8-3-4-8/h8-10,12H,1-7H2,(H,16,17). The lowest BCUT2D eigenvalue weighted by atomic mass is 9.99. The van der Waals surface area contributed by atoms with Crippen molar-refractivity contribution in [2.45, 2.75) is 37.1 Å². The van der Waals surface area contributed by atoms with Crippen molar-refractivity contribution in [2.24, 2.45) is 11.8 Å². The van der Waals surface area contributed by atoms with Crippen LogP contribution >= 0.6 is 11.8 Å². The summed E-state index contributed by atoms with van der Waals surface area (Å²) in [7, 11) is 0. The van der Waals surface area contributed by atoms with Crippen LogP contribution in [0, 0.1) is 11.8 Å². The first-order chi connectivity index (χ1) is 9.18. The Hall–Kier alpha value is -0.750. The van der Waals surface area contributed by atoms with Crippen molar-refractivity contribution in [3.8, 4) is 0 Å². The molecule has 1 aliphatic carbocycles. The predicted molar refractivity (Wildman–Crippen MR) is 70.8 cm³/mol. The molecule has 0 spiro atoms. The van der Waals surface area contributed by atoms with Crippen LogP contribution in [0.5, 0.6) is 0 Å². The first kappa shape index (κ1) is 13.2. The maximum Gasteiger partial charge on any atom is 0.327 e. The minimum absolute atomic E-state index is 0.00556. The van der Waals surface area contributed by atoms with E-state index in [4.69, 9.17) is 4.74 Å². The Morgan fingerprint density at radius 2 is 2.05 bits per heavy atom. The molecule has 3 fully saturated rings. The molecule has 5 nitrogen and oxygen atoms in total. The molecule has 2 aliphatic heterocycles. The quantitative estimate of drug-likeness (QED) is 0.843. The summed E-state index contributed by atoms with van der Waals surface area (Å²) in [6.07, 6.45) is 3.96. The van der Waals surface area contributed by atoms with Crippen molar-refractivity contribution in [3.63, 3.8) is 0 Å². The number of carboxylic acid groups (broad SMARTS) is 1. The lowest BCUT2D eigenvalue weighted by molar-refractivity contribution is -0.153. The molecule has 0 radical (unpaired) electrons. The molecule has 3 atom stereocenters. The molecule has 0 aromatic carbocycles. The van der Waals surface area contributed by atoms with Crippen LogP contribution in [0.2, 0.25) is 0 Å². The number of carbonyl (C=O) groups is 2. The van der Waals surface area contributed by atoms with Crippen LogP contribution in [0.3, 0.4) is 0 Å². The Morgan fingerprint density at radius 3 is 2.63 bits per heavy atom. The number of hydrogen-bond acceptors (Lipinski definition) is 4. The number of carbonyl (C=O) groups excluding carboxylic acids is 1. The minimum Gasteiger partial charge on any atom is -0.480 e. The van der Waals surface area contributed by atoms with Gasteiger partial charge >= 0.3 is 5.97 Å². The van der Waals surface area contributed by atoms with Crippen LogP contribution in [0.4, 0.5) is 0 Å². The summed E-state index contributed by atoms with van der Waals surface area (Å²) in [6.45, 7) is 1.16. The third-order valence-corrected chi connectivity index (χ3v) is 5.57. The second-order valence-electron chi connectivity index (χ2n) is 5.57. The molecule has 2 heterocycles. The maximum absolute atomic E-state index is 12.6. The largest absolute Gasteiger partial charge is 0.480 e. The number of thioether (sulfide) groups is 1. The number of amides is 1. The Bertz CT molecular complexity index is 379. The van der Waals surface area contributed by atoms with Crippen LogP contribution < -0.4 is 0 Å². The Balaban J connectivity index is 1.76. The molecule has 1 saturated carbocycles. The fraction of sp³-hybridized carbons (Fsp3) is 0.846. The van der Waals surface area contributed by atoms with Gasteiger partial charge in [0.2, 0.25) is 5.91 Å². The molecule has 6 heteroatoms. The third-order valence-electron chi connectivity index (χ3n) is 4.11. The van der Waals surface area contributed by atoms with E-state index in [0.29, 0.717) is 24.9 Å². The van der Waals surface area contributed by atoms with Gasteiger partial charge in [-0.3, -0.25) is 4.79 Å². The molecule has 106 valence electrons. The summed E-state index contributed by atoms with van der Waals surface area (Å²) in [5.74, 6) is 0.00334. The number of nitrogens with zero attached hydrogens (tertiary/aromatic N) is 1. The molecule has 3 aliphatic rings. The monoisotopic (exact) mass is 285 g/mol. The van der Waals surface area contributed by atoms with E-state index in [1.165, 1.54) is 0 Å². The van der Waals surface area contributed by atoms with Crippen molar-refractivity contribution >= 4 is 23.6 Å². The van der Waals surface area contributed by atoms with Crippen molar-refractivity contribution in [1.82, 2.24) is 4.90 Å². The first-order valence-corrected chi connectivity index (χ1v) is 7.97. The Morgan fingerprint density at radius 1 is 1.26 bits per heavy atom. The highest BCUT2D eigenvalue weighted by Gasteiger charge is 2.49. The summed E-state index contributed by atoms with van der Waals surface area (Å²) in [6, 6.07) is -0.648. The van der Waals surface area contributed by atoms with E-state index in [1.54, 1.807) is 16.7 Å². The van der Waals surface area contributed by atoms with Gasteiger partial charge in [0.1, 0.15) is 6.04 Å². The van der Waals surface area contributed by atoms with Crippen molar-refractivity contribution in [2.75, 3.05) is 19.0 Å². The molecule has 1 amide bonds. The van der Waals surface area contributed by atoms with E-state index in [2.05, 4.69) is 0 Å². The highest BCUT2D eigenvalue weighted by molar-refractivity contribution is 8.00. The Kier molecular flexibility index (Phi) is 3.71. The number of hydrogen-bond donors (Lipinski definition) is 1. The fourth-order valence-corrected chi connectivity index (χ4v) is 4.53. The number of rotatable bonds is 3. The zero-order chi connectivity index (χ0) is 13.4. The van der Waals surface area contributed by atoms with Gasteiger partial charge in [-0.05, 0) is 31.6 Å². The summed E-state index contributed by atoms with van der Waals surface area (Å²) in [4.78, 5) is 25.6. The van der Waals surface area contributed by atoms with Crippen LogP contribution in [0.1, 0.15) is 25.7 Å². The minimum atomic E-state index is -0.874. The first-order valence-electron chi connectivity index (χ1n) is 6.93. The van der Waals surface area contributed by atoms with E-state index in [-0.39, 0.29) is 17.2 Å². The second-order valence-corrected chi connectivity index (χ2v) is 6.72. The van der Waals surface area contributed by atoms with Crippen LogP contribution in [0.15, 0.2) is 0 Å². The summed E-state index contributed by atoms with van der Waals surface area (Å²) in [5, 5.41) is 9.39. The van der Waals surface area contributed by atoms with Gasteiger partial charge in [0, 0.05) is 12.4 Å². The molecule has 1 N–H and O–H groups in total. The van der Waals surface area contributed by atoms with Gasteiger partial charge in [-0.15, -0.1) is 11.8 Å². The van der Waals surface area contributed by atoms with E-state index >= 15 is 0 Å². The zero-order valence-electron chi connectivity index (χ0n) is 10.8. The van der Waals surface area contributed by atoms with E-state index in [1.807, 2.05) is 0 Å². The molecular weight excluding hydrogens is 266 g/mol. The number of aliphatic carboxylic acids is 1. The van der Waals surface area contributed by atoms with E-state index in [0.717, 1.165) is 25.7 Å². The fourth-order valence-electron chi connectivity index (χ4n) is 2.89. The molecule has 3 rings (SSSR count). The van der Waals surface area contributed by atoms with Crippen LogP contribution in [-0.4, -0.2) is 52.3 Å². The lowest BCUT2D eigenvalue weighted by Crippen LogP contribution is -2.50. The number of carboxylic acids is 1. The van der Waals surface area contributed by atoms with Gasteiger partial charge in [-0.25, -0.2) is 4.79 Å². The van der Waals surface area contributed by atoms with Crippen LogP contribution in [0.25, 0.3) is 0 Å². The van der Waals surface area contributed by atoms with Gasteiger partial charge in [-0.2, -0.15) is 0 Å². The number of ether oxygens (including phenoxy) is 1. The van der Waals surface area contributed by atoms with Gasteiger partial charge < -0.3 is 14.7 Å². The molecule has 2 saturated heterocycles. The van der Waals surface area contributed by atoms with Gasteiger partial charge in [0.15, 0.2) is 0 Å². The SMILES string of the molecule is O=C(O)C1CSC(C2CC2)N1C(=O)C1CCCOC1. The average molecular weight is 285 g/mol. The highest BCUT2D eigenvalue weighted by Crippen LogP contribution is 2.46. The topological polar surface area (TPSA) is 66.8 Å². The van der Waals surface area contributed by atoms with Gasteiger partial charge in [0.25, 0.3) is 0 Å². The highest BCUT2D eigenvalue weighted by atomic mass is 32.2. The second kappa shape index (κ2) is 5.32. The summed E-state index contributed by atoms with van der Waals surface area (Å²) in [5.41, 5.74) is 0. The van der Waals surface area contributed by atoms with Crippen molar-refractivity contribution in [1.29, 1.82) is 0 Å². The van der Waals surface area contributed by atoms with Gasteiger partial charge in [0.05, 0.1) is 17.9 Å². The maximum atomic E-state index is 12.6.